The van der Waals surface area contributed by atoms with Crippen LogP contribution in [0.15, 0.2) is 54.6 Å². The Kier molecular flexibility index (Phi) is 6.79. The summed E-state index contributed by atoms with van der Waals surface area (Å²) in [6.07, 6.45) is 0. The van der Waals surface area contributed by atoms with Gasteiger partial charge in [-0.05, 0) is 47.5 Å². The van der Waals surface area contributed by atoms with Crippen molar-refractivity contribution in [1.29, 1.82) is 0 Å². The Hall–Kier alpha value is -2.27. The fourth-order valence-electron chi connectivity index (χ4n) is 2.55. The van der Waals surface area contributed by atoms with Gasteiger partial charge in [-0.25, -0.2) is 0 Å². The quantitative estimate of drug-likeness (QED) is 0.411. The number of aromatic hydroxyl groups is 1. The lowest BCUT2D eigenvalue weighted by molar-refractivity contribution is 0.284. The molecule has 0 aliphatic carbocycles. The number of halogens is 3. The maximum atomic E-state index is 9.63. The van der Waals surface area contributed by atoms with Crippen LogP contribution in [0, 0.1) is 0 Å². The first-order chi connectivity index (χ1) is 13.5. The maximum Gasteiger partial charge on any atom is 0.161 e. The van der Waals surface area contributed by atoms with Crippen LogP contribution in [0.5, 0.6) is 17.2 Å². The van der Waals surface area contributed by atoms with Gasteiger partial charge in [-0.3, -0.25) is 0 Å². The summed E-state index contributed by atoms with van der Waals surface area (Å²) in [4.78, 5) is 0. The van der Waals surface area contributed by atoms with E-state index in [0.29, 0.717) is 35.4 Å². The number of nitrogens with one attached hydrogen (secondary N) is 1. The van der Waals surface area contributed by atoms with Gasteiger partial charge in [0.1, 0.15) is 6.61 Å². The van der Waals surface area contributed by atoms with E-state index < -0.39 is 0 Å². The zero-order valence-corrected chi connectivity index (χ0v) is 17.3. The number of hydrogen-bond acceptors (Lipinski definition) is 4. The first-order valence-electron chi connectivity index (χ1n) is 8.42. The Morgan fingerprint density at radius 2 is 1.50 bits per heavy atom. The zero-order chi connectivity index (χ0) is 20.1. The number of hydrogen-bond donors (Lipinski definition) is 2. The summed E-state index contributed by atoms with van der Waals surface area (Å²) in [7, 11) is 1.60. The van der Waals surface area contributed by atoms with E-state index in [2.05, 4.69) is 5.32 Å². The van der Waals surface area contributed by atoms with Gasteiger partial charge in [0, 0.05) is 17.3 Å². The van der Waals surface area contributed by atoms with E-state index in [4.69, 9.17) is 44.3 Å². The summed E-state index contributed by atoms with van der Waals surface area (Å²) in [5.74, 6) is 1.16. The maximum absolute atomic E-state index is 9.63. The van der Waals surface area contributed by atoms with E-state index in [9.17, 15) is 5.11 Å². The Balaban J connectivity index is 1.66. The highest BCUT2D eigenvalue weighted by molar-refractivity contribution is 6.37. The lowest BCUT2D eigenvalue weighted by atomic mass is 10.2. The van der Waals surface area contributed by atoms with Crippen molar-refractivity contribution < 1.29 is 14.6 Å². The Bertz CT molecular complexity index is 939. The van der Waals surface area contributed by atoms with Crippen molar-refractivity contribution in [3.8, 4) is 17.2 Å². The molecule has 0 saturated carbocycles. The van der Waals surface area contributed by atoms with Crippen molar-refractivity contribution in [2.24, 2.45) is 0 Å². The number of anilines is 1. The van der Waals surface area contributed by atoms with E-state index in [0.717, 1.165) is 11.1 Å². The Morgan fingerprint density at radius 3 is 2.14 bits per heavy atom. The lowest BCUT2D eigenvalue weighted by Gasteiger charge is -2.13. The molecule has 0 aromatic heterocycles. The van der Waals surface area contributed by atoms with Crippen LogP contribution >= 0.6 is 34.8 Å². The topological polar surface area (TPSA) is 50.7 Å². The van der Waals surface area contributed by atoms with E-state index in [1.54, 1.807) is 19.2 Å². The monoisotopic (exact) mass is 437 g/mol. The average molecular weight is 439 g/mol. The van der Waals surface area contributed by atoms with Gasteiger partial charge < -0.3 is 19.9 Å². The molecule has 28 heavy (non-hydrogen) atoms. The smallest absolute Gasteiger partial charge is 0.161 e. The van der Waals surface area contributed by atoms with Crippen LogP contribution in [0.3, 0.4) is 0 Å². The molecule has 0 amide bonds. The van der Waals surface area contributed by atoms with Crippen molar-refractivity contribution in [2.45, 2.75) is 13.2 Å². The Labute approximate surface area is 178 Å². The predicted molar refractivity (Wildman–Crippen MR) is 114 cm³/mol. The molecule has 3 aromatic carbocycles. The molecule has 0 saturated heterocycles. The van der Waals surface area contributed by atoms with Gasteiger partial charge in [-0.2, -0.15) is 0 Å². The minimum atomic E-state index is -0.127. The summed E-state index contributed by atoms with van der Waals surface area (Å²) < 4.78 is 11.3. The third-order valence-electron chi connectivity index (χ3n) is 4.05. The van der Waals surface area contributed by atoms with Crippen LogP contribution in [0.4, 0.5) is 5.69 Å². The number of rotatable bonds is 7. The average Bonchev–Trinajstić information content (AvgIpc) is 2.70. The third kappa shape index (κ3) is 5.16. The van der Waals surface area contributed by atoms with Gasteiger partial charge >= 0.3 is 0 Å². The number of methoxy groups -OCH3 is 1. The molecule has 7 heteroatoms. The first kappa shape index (κ1) is 20.5. The number of phenols is 1. The second kappa shape index (κ2) is 9.28. The standard InChI is InChI=1S/C21H18Cl3NO3/c1-27-20-8-14(11-25-16-9-17(23)21(26)18(24)10-16)4-7-19(20)28-12-13-2-5-15(22)6-3-13/h2-10,25-26H,11-12H2,1H3. The second-order valence-corrected chi connectivity index (χ2v) is 7.29. The van der Waals surface area contributed by atoms with E-state index >= 15 is 0 Å². The normalized spacial score (nSPS) is 10.6. The van der Waals surface area contributed by atoms with Crippen molar-refractivity contribution >= 4 is 40.5 Å². The zero-order valence-electron chi connectivity index (χ0n) is 15.0. The molecule has 4 nitrogen and oxygen atoms in total. The van der Waals surface area contributed by atoms with Gasteiger partial charge in [-0.1, -0.05) is 53.0 Å². The molecule has 2 N–H and O–H groups in total. The number of phenolic OH excluding ortho intramolecular Hbond substituents is 1. The minimum Gasteiger partial charge on any atom is -0.505 e. The summed E-state index contributed by atoms with van der Waals surface area (Å²) in [6, 6.07) is 16.4. The highest BCUT2D eigenvalue weighted by Gasteiger charge is 2.09. The third-order valence-corrected chi connectivity index (χ3v) is 4.88. The van der Waals surface area contributed by atoms with Crippen LogP contribution in [-0.4, -0.2) is 12.2 Å². The molecule has 0 unspecified atom stereocenters. The van der Waals surface area contributed by atoms with Crippen molar-refractivity contribution in [3.63, 3.8) is 0 Å². The summed E-state index contributed by atoms with van der Waals surface area (Å²) in [5, 5.41) is 13.9. The second-order valence-electron chi connectivity index (χ2n) is 6.04. The highest BCUT2D eigenvalue weighted by Crippen LogP contribution is 2.35. The van der Waals surface area contributed by atoms with Crippen LogP contribution < -0.4 is 14.8 Å². The number of benzene rings is 3. The Morgan fingerprint density at radius 1 is 0.857 bits per heavy atom. The van der Waals surface area contributed by atoms with Gasteiger partial charge in [0.25, 0.3) is 0 Å². The summed E-state index contributed by atoms with van der Waals surface area (Å²) in [6.45, 7) is 0.931. The van der Waals surface area contributed by atoms with Crippen LogP contribution in [0.2, 0.25) is 15.1 Å². The molecular formula is C21H18Cl3NO3. The molecule has 3 aromatic rings. The first-order valence-corrected chi connectivity index (χ1v) is 9.55. The van der Waals surface area contributed by atoms with E-state index in [1.165, 1.54) is 0 Å². The molecule has 0 radical (unpaired) electrons. The largest absolute Gasteiger partial charge is 0.505 e. The fraction of sp³-hybridized carbons (Fsp3) is 0.143. The molecule has 146 valence electrons. The fourth-order valence-corrected chi connectivity index (χ4v) is 3.17. The predicted octanol–water partition coefficient (Wildman–Crippen LogP) is 6.55. The van der Waals surface area contributed by atoms with E-state index in [1.807, 2.05) is 42.5 Å². The van der Waals surface area contributed by atoms with Crippen LogP contribution in [-0.2, 0) is 13.2 Å². The van der Waals surface area contributed by atoms with Gasteiger partial charge in [-0.15, -0.1) is 0 Å². The highest BCUT2D eigenvalue weighted by atomic mass is 35.5. The SMILES string of the molecule is COc1cc(CNc2cc(Cl)c(O)c(Cl)c2)ccc1OCc1ccc(Cl)cc1. The van der Waals surface area contributed by atoms with Gasteiger partial charge in [0.2, 0.25) is 0 Å². The van der Waals surface area contributed by atoms with Crippen molar-refractivity contribution in [3.05, 3.63) is 80.8 Å². The molecule has 0 bridgehead atoms. The minimum absolute atomic E-state index is 0.127. The van der Waals surface area contributed by atoms with Gasteiger partial charge in [0.15, 0.2) is 17.2 Å². The number of ether oxygens (including phenoxy) is 2. The molecule has 3 rings (SSSR count). The summed E-state index contributed by atoms with van der Waals surface area (Å²) in [5.41, 5.74) is 2.70. The van der Waals surface area contributed by atoms with Crippen LogP contribution in [0.1, 0.15) is 11.1 Å². The summed E-state index contributed by atoms with van der Waals surface area (Å²) >= 11 is 17.8. The molecule has 0 aliphatic heterocycles. The molecule has 0 atom stereocenters. The van der Waals surface area contributed by atoms with Gasteiger partial charge in [0.05, 0.1) is 17.2 Å². The van der Waals surface area contributed by atoms with Crippen molar-refractivity contribution in [1.82, 2.24) is 0 Å². The van der Waals surface area contributed by atoms with Crippen LogP contribution in [0.25, 0.3) is 0 Å². The molecule has 0 fully saturated rings. The molecule has 0 spiro atoms. The molecule has 0 aliphatic rings. The lowest BCUT2D eigenvalue weighted by Crippen LogP contribution is -2.02. The van der Waals surface area contributed by atoms with Crippen molar-refractivity contribution in [2.75, 3.05) is 12.4 Å². The molecule has 0 heterocycles. The van der Waals surface area contributed by atoms with E-state index in [-0.39, 0.29) is 15.8 Å². The molecular weight excluding hydrogens is 421 g/mol.